The van der Waals surface area contributed by atoms with Gasteiger partial charge >= 0.3 is 5.97 Å². The van der Waals surface area contributed by atoms with Crippen molar-refractivity contribution in [2.75, 3.05) is 0 Å². The van der Waals surface area contributed by atoms with Gasteiger partial charge in [0.25, 0.3) is 0 Å². The molecule has 1 aromatic carbocycles. The van der Waals surface area contributed by atoms with Crippen molar-refractivity contribution in [3.8, 4) is 0 Å². The highest BCUT2D eigenvalue weighted by Crippen LogP contribution is 2.29. The average molecular weight is 356 g/mol. The number of hydrogen-bond acceptors (Lipinski definition) is 6. The summed E-state index contributed by atoms with van der Waals surface area (Å²) in [5.41, 5.74) is 0. The molecule has 120 valence electrons. The molecule has 0 aliphatic carbocycles. The Bertz CT molecular complexity index is 880. The van der Waals surface area contributed by atoms with Gasteiger partial charge < -0.3 is 5.11 Å². The molecule has 1 N–H and O–H groups in total. The van der Waals surface area contributed by atoms with Crippen molar-refractivity contribution in [3.05, 3.63) is 46.4 Å². The lowest BCUT2D eigenvalue weighted by Crippen LogP contribution is -2.17. The first-order chi connectivity index (χ1) is 10.7. The van der Waals surface area contributed by atoms with Crippen LogP contribution in [0.4, 0.5) is 4.39 Å². The Kier molecular flexibility index (Phi) is 4.71. The van der Waals surface area contributed by atoms with Crippen LogP contribution < -0.4 is 0 Å². The van der Waals surface area contributed by atoms with E-state index in [0.717, 1.165) is 35.6 Å². The number of benzene rings is 1. The summed E-state index contributed by atoms with van der Waals surface area (Å²) in [6, 6.07) is 5.23. The van der Waals surface area contributed by atoms with Gasteiger partial charge in [-0.3, -0.25) is 9.59 Å². The fraction of sp³-hybridized carbons (Fsp3) is 0.0714. The van der Waals surface area contributed by atoms with E-state index in [2.05, 4.69) is 0 Å². The second-order valence-electron chi connectivity index (χ2n) is 4.40. The van der Waals surface area contributed by atoms with Crippen molar-refractivity contribution < 1.29 is 32.3 Å². The van der Waals surface area contributed by atoms with Crippen molar-refractivity contribution in [1.29, 1.82) is 0 Å². The van der Waals surface area contributed by atoms with E-state index in [4.69, 9.17) is 5.11 Å². The van der Waals surface area contributed by atoms with Crippen LogP contribution in [-0.4, -0.2) is 31.1 Å². The molecule has 0 amide bonds. The predicted molar refractivity (Wildman–Crippen MR) is 77.8 cm³/mol. The van der Waals surface area contributed by atoms with Gasteiger partial charge in [0.2, 0.25) is 15.6 Å². The number of aliphatic carboxylic acids is 1. The van der Waals surface area contributed by atoms with Gasteiger partial charge in [0.05, 0.1) is 21.1 Å². The fourth-order valence-corrected chi connectivity index (χ4v) is 4.40. The Labute approximate surface area is 134 Å². The summed E-state index contributed by atoms with van der Waals surface area (Å²) in [6.45, 7) is 0. The van der Waals surface area contributed by atoms with Crippen molar-refractivity contribution in [2.24, 2.45) is 0 Å². The molecule has 2 aromatic rings. The summed E-state index contributed by atoms with van der Waals surface area (Å²) >= 11 is 0.788. The Balaban J connectivity index is 2.40. The third-order valence-corrected chi connectivity index (χ3v) is 5.75. The minimum absolute atomic E-state index is 0.212. The van der Waals surface area contributed by atoms with E-state index in [0.29, 0.717) is 0 Å². The first-order valence-electron chi connectivity index (χ1n) is 6.11. The summed E-state index contributed by atoms with van der Waals surface area (Å²) in [4.78, 5) is 32.8. The number of halogens is 1. The van der Waals surface area contributed by atoms with Gasteiger partial charge in [0, 0.05) is 0 Å². The number of carboxylic acid groups (broad SMARTS) is 1. The highest BCUT2D eigenvalue weighted by atomic mass is 32.2. The molecule has 0 radical (unpaired) electrons. The van der Waals surface area contributed by atoms with E-state index in [1.807, 2.05) is 0 Å². The largest absolute Gasteiger partial charge is 0.475 e. The Hall–Kier alpha value is -2.39. The number of thiophene rings is 1. The standard InChI is InChI=1S/C14H9FO6S2/c15-8-1-3-9(4-2-8)23(20,21)12-5-6-22-13(12)10(16)7-11(17)14(18)19/h1-6H,7H2,(H,18,19). The lowest BCUT2D eigenvalue weighted by atomic mass is 10.2. The summed E-state index contributed by atoms with van der Waals surface area (Å²) in [5.74, 6) is -4.60. The molecule has 0 atom stereocenters. The minimum atomic E-state index is -4.08. The Morgan fingerprint density at radius 3 is 2.26 bits per heavy atom. The molecule has 0 fully saturated rings. The van der Waals surface area contributed by atoms with E-state index < -0.39 is 39.6 Å². The van der Waals surface area contributed by atoms with Crippen LogP contribution in [-0.2, 0) is 19.4 Å². The van der Waals surface area contributed by atoms with Gasteiger partial charge in [0.15, 0.2) is 5.78 Å². The third kappa shape index (κ3) is 3.51. The molecular weight excluding hydrogens is 347 g/mol. The minimum Gasteiger partial charge on any atom is -0.475 e. The lowest BCUT2D eigenvalue weighted by Gasteiger charge is -2.05. The molecule has 9 heteroatoms. The second-order valence-corrected chi connectivity index (χ2v) is 7.23. The lowest BCUT2D eigenvalue weighted by molar-refractivity contribution is -0.148. The number of Topliss-reactive ketones (excluding diaryl/α,β-unsaturated/α-hetero) is 2. The Morgan fingerprint density at radius 2 is 1.70 bits per heavy atom. The molecule has 6 nitrogen and oxygen atoms in total. The van der Waals surface area contributed by atoms with E-state index in [-0.39, 0.29) is 14.7 Å². The molecule has 23 heavy (non-hydrogen) atoms. The van der Waals surface area contributed by atoms with Crippen LogP contribution in [0, 0.1) is 5.82 Å². The highest BCUT2D eigenvalue weighted by molar-refractivity contribution is 7.91. The number of carbonyl (C=O) groups excluding carboxylic acids is 2. The van der Waals surface area contributed by atoms with Crippen LogP contribution in [0.15, 0.2) is 45.5 Å². The number of ketones is 2. The zero-order valence-electron chi connectivity index (χ0n) is 11.4. The maximum absolute atomic E-state index is 12.9. The quantitative estimate of drug-likeness (QED) is 0.367. The molecule has 1 aromatic heterocycles. The normalized spacial score (nSPS) is 11.2. The smallest absolute Gasteiger partial charge is 0.372 e. The summed E-state index contributed by atoms with van der Waals surface area (Å²) in [6.07, 6.45) is -0.929. The number of carboxylic acids is 1. The summed E-state index contributed by atoms with van der Waals surface area (Å²) < 4.78 is 37.9. The van der Waals surface area contributed by atoms with E-state index >= 15 is 0 Å². The maximum Gasteiger partial charge on any atom is 0.372 e. The van der Waals surface area contributed by atoms with Crippen LogP contribution in [0.3, 0.4) is 0 Å². The average Bonchev–Trinajstić information content (AvgIpc) is 2.97. The van der Waals surface area contributed by atoms with Crippen LogP contribution in [0.5, 0.6) is 0 Å². The molecule has 0 saturated carbocycles. The van der Waals surface area contributed by atoms with Crippen molar-refractivity contribution in [1.82, 2.24) is 0 Å². The number of hydrogen-bond donors (Lipinski definition) is 1. The van der Waals surface area contributed by atoms with Gasteiger partial charge in [-0.1, -0.05) is 0 Å². The van der Waals surface area contributed by atoms with Gasteiger partial charge in [-0.25, -0.2) is 17.6 Å². The van der Waals surface area contributed by atoms with Crippen molar-refractivity contribution >= 4 is 38.7 Å². The molecule has 0 bridgehead atoms. The first kappa shape index (κ1) is 17.0. The van der Waals surface area contributed by atoms with Gasteiger partial charge in [-0.05, 0) is 35.7 Å². The molecule has 0 saturated heterocycles. The SMILES string of the molecule is O=C(O)C(=O)CC(=O)c1sccc1S(=O)(=O)c1ccc(F)cc1. The fourth-order valence-electron chi connectivity index (χ4n) is 1.75. The maximum atomic E-state index is 12.9. The zero-order valence-corrected chi connectivity index (χ0v) is 13.0. The van der Waals surface area contributed by atoms with Gasteiger partial charge in [0.1, 0.15) is 5.82 Å². The first-order valence-corrected chi connectivity index (χ1v) is 8.47. The Morgan fingerprint density at radius 1 is 1.09 bits per heavy atom. The zero-order chi connectivity index (χ0) is 17.2. The van der Waals surface area contributed by atoms with Gasteiger partial charge in [-0.15, -0.1) is 11.3 Å². The third-order valence-electron chi connectivity index (χ3n) is 2.86. The van der Waals surface area contributed by atoms with E-state index in [9.17, 15) is 27.2 Å². The molecule has 0 spiro atoms. The van der Waals surface area contributed by atoms with Crippen LogP contribution >= 0.6 is 11.3 Å². The summed E-state index contributed by atoms with van der Waals surface area (Å²) in [5, 5.41) is 9.85. The number of sulfone groups is 1. The molecule has 0 aliphatic rings. The molecule has 0 aliphatic heterocycles. The predicted octanol–water partition coefficient (Wildman–Crippen LogP) is 1.95. The van der Waals surface area contributed by atoms with Crippen LogP contribution in [0.25, 0.3) is 0 Å². The number of rotatable bonds is 6. The summed E-state index contributed by atoms with van der Waals surface area (Å²) in [7, 11) is -4.08. The van der Waals surface area contributed by atoms with E-state index in [1.54, 1.807) is 0 Å². The molecule has 1 heterocycles. The van der Waals surface area contributed by atoms with Gasteiger partial charge in [-0.2, -0.15) is 0 Å². The van der Waals surface area contributed by atoms with Crippen LogP contribution in [0.2, 0.25) is 0 Å². The topological polar surface area (TPSA) is 106 Å². The second kappa shape index (κ2) is 6.39. The number of carbonyl (C=O) groups is 3. The van der Waals surface area contributed by atoms with Crippen molar-refractivity contribution in [3.63, 3.8) is 0 Å². The van der Waals surface area contributed by atoms with Crippen LogP contribution in [0.1, 0.15) is 16.1 Å². The molecule has 2 rings (SSSR count). The molecular formula is C14H9FO6S2. The molecule has 0 unspecified atom stereocenters. The van der Waals surface area contributed by atoms with Crippen molar-refractivity contribution in [2.45, 2.75) is 16.2 Å². The highest BCUT2D eigenvalue weighted by Gasteiger charge is 2.28. The van der Waals surface area contributed by atoms with E-state index in [1.165, 1.54) is 11.4 Å². The monoisotopic (exact) mass is 356 g/mol.